The van der Waals surface area contributed by atoms with Crippen LogP contribution in [0.5, 0.6) is 5.75 Å². The van der Waals surface area contributed by atoms with Crippen molar-refractivity contribution in [2.45, 2.75) is 89.7 Å². The highest BCUT2D eigenvalue weighted by Gasteiger charge is 2.68. The Balaban J connectivity index is 0.00000324. The molecule has 0 radical (unpaired) electrons. The van der Waals surface area contributed by atoms with Gasteiger partial charge in [0.15, 0.2) is 5.78 Å². The first-order valence-electron chi connectivity index (χ1n) is 11.8. The van der Waals surface area contributed by atoms with Crippen LogP contribution < -0.4 is 22.9 Å². The van der Waals surface area contributed by atoms with E-state index in [0.29, 0.717) is 31.1 Å². The highest BCUT2D eigenvalue weighted by Crippen LogP contribution is 2.66. The van der Waals surface area contributed by atoms with E-state index in [0.717, 1.165) is 18.4 Å². The van der Waals surface area contributed by atoms with Crippen molar-refractivity contribution in [2.24, 2.45) is 17.3 Å². The molecule has 3 unspecified atom stereocenters. The van der Waals surface area contributed by atoms with Crippen LogP contribution in [0.3, 0.4) is 0 Å². The van der Waals surface area contributed by atoms with Gasteiger partial charge in [0.05, 0.1) is 11.7 Å². The number of Topliss-reactive ketones (excluding diaryl/α,β-unsaturated/α-hetero) is 1. The number of ether oxygens (including phenoxy) is 1. The molecule has 0 spiro atoms. The molecule has 34 heavy (non-hydrogen) atoms. The molecular formula is C24H34BClF3NO4. The Morgan fingerprint density at radius 3 is 2.44 bits per heavy atom. The molecule has 1 saturated heterocycles. The molecule has 5 nitrogen and oxygen atoms in total. The molecule has 1 aliphatic heterocycles. The summed E-state index contributed by atoms with van der Waals surface area (Å²) >= 11 is 0. The second kappa shape index (κ2) is 9.64. The van der Waals surface area contributed by atoms with Gasteiger partial charge in [0.25, 0.3) is 0 Å². The van der Waals surface area contributed by atoms with Gasteiger partial charge in [0, 0.05) is 6.42 Å². The molecule has 5 rings (SSSR count). The van der Waals surface area contributed by atoms with Crippen LogP contribution in [0.1, 0.15) is 58.9 Å². The highest BCUT2D eigenvalue weighted by atomic mass is 35.5. The minimum absolute atomic E-state index is 0. The second-order valence-corrected chi connectivity index (χ2v) is 10.9. The summed E-state index contributed by atoms with van der Waals surface area (Å²) in [5.41, 5.74) is 4.55. The Labute approximate surface area is 205 Å². The van der Waals surface area contributed by atoms with Crippen LogP contribution >= 0.6 is 0 Å². The maximum atomic E-state index is 12.5. The van der Waals surface area contributed by atoms with E-state index in [9.17, 15) is 18.0 Å². The third kappa shape index (κ3) is 5.27. The first-order chi connectivity index (χ1) is 15.3. The molecule has 3 aliphatic carbocycles. The number of alkyl halides is 3. The zero-order chi connectivity index (χ0) is 24.2. The van der Waals surface area contributed by atoms with Crippen molar-refractivity contribution in [3.8, 4) is 5.75 Å². The van der Waals surface area contributed by atoms with Crippen LogP contribution in [-0.2, 0) is 20.5 Å². The van der Waals surface area contributed by atoms with E-state index < -0.39 is 13.5 Å². The predicted molar refractivity (Wildman–Crippen MR) is 117 cm³/mol. The lowest BCUT2D eigenvalue weighted by Crippen LogP contribution is -3.00. The summed E-state index contributed by atoms with van der Waals surface area (Å²) in [4.78, 5) is 12.3. The molecule has 1 aromatic rings. The first-order valence-corrected chi connectivity index (χ1v) is 11.8. The van der Waals surface area contributed by atoms with E-state index in [-0.39, 0.29) is 52.9 Å². The van der Waals surface area contributed by atoms with Crippen molar-refractivity contribution in [1.82, 2.24) is 0 Å². The Morgan fingerprint density at radius 1 is 1.24 bits per heavy atom. The summed E-state index contributed by atoms with van der Waals surface area (Å²) < 4.78 is 54.5. The van der Waals surface area contributed by atoms with Gasteiger partial charge in [-0.2, -0.15) is 0 Å². The smallest absolute Gasteiger partial charge is 0.573 e. The Hall–Kier alpha value is -1.29. The molecule has 3 N–H and O–H groups in total. The van der Waals surface area contributed by atoms with Crippen molar-refractivity contribution in [3.05, 3.63) is 29.8 Å². The van der Waals surface area contributed by atoms with Crippen LogP contribution in [0, 0.1) is 17.3 Å². The van der Waals surface area contributed by atoms with Crippen LogP contribution in [0.4, 0.5) is 13.2 Å². The summed E-state index contributed by atoms with van der Waals surface area (Å²) in [6.07, 6.45) is -1.08. The molecule has 4 fully saturated rings. The number of halogens is 4. The number of benzene rings is 1. The minimum atomic E-state index is -4.72. The molecule has 10 heteroatoms. The van der Waals surface area contributed by atoms with Crippen molar-refractivity contribution in [1.29, 1.82) is 0 Å². The van der Waals surface area contributed by atoms with Gasteiger partial charge in [0.2, 0.25) is 0 Å². The summed E-state index contributed by atoms with van der Waals surface area (Å²) in [6.45, 7) is 8.55. The van der Waals surface area contributed by atoms with Gasteiger partial charge in [-0.25, -0.2) is 0 Å². The van der Waals surface area contributed by atoms with Crippen LogP contribution in [-0.4, -0.2) is 37.0 Å². The fourth-order valence-electron chi connectivity index (χ4n) is 6.14. The van der Waals surface area contributed by atoms with E-state index >= 15 is 0 Å². The number of quaternary nitrogens is 1. The summed E-state index contributed by atoms with van der Waals surface area (Å²) in [6, 6.07) is 5.60. The lowest BCUT2D eigenvalue weighted by atomic mass is 9.43. The zero-order valence-corrected chi connectivity index (χ0v) is 20.9. The van der Waals surface area contributed by atoms with Gasteiger partial charge in [-0.05, 0) is 80.3 Å². The second-order valence-electron chi connectivity index (χ2n) is 10.9. The van der Waals surface area contributed by atoms with Crippen LogP contribution in [0.2, 0.25) is 5.82 Å². The van der Waals surface area contributed by atoms with E-state index in [1.54, 1.807) is 19.1 Å². The first kappa shape index (κ1) is 27.3. The van der Waals surface area contributed by atoms with Gasteiger partial charge >= 0.3 is 13.5 Å². The summed E-state index contributed by atoms with van der Waals surface area (Å²) in [5.74, 6) is 0.803. The number of carbonyl (C=O) groups excluding carboxylic acids is 1. The maximum absolute atomic E-state index is 12.5. The van der Waals surface area contributed by atoms with E-state index in [4.69, 9.17) is 9.31 Å². The number of ketones is 1. The average Bonchev–Trinajstić information content (AvgIpc) is 3.07. The van der Waals surface area contributed by atoms with Gasteiger partial charge in [0.1, 0.15) is 11.8 Å². The molecule has 190 valence electrons. The fourth-order valence-corrected chi connectivity index (χ4v) is 6.14. The number of rotatable bonds is 8. The van der Waals surface area contributed by atoms with Gasteiger partial charge < -0.3 is 32.2 Å². The molecule has 0 amide bonds. The van der Waals surface area contributed by atoms with E-state index in [1.165, 1.54) is 12.1 Å². The van der Waals surface area contributed by atoms with Gasteiger partial charge in [-0.1, -0.05) is 26.0 Å². The molecule has 2 bridgehead atoms. The minimum Gasteiger partial charge on any atom is -1.00 e. The summed E-state index contributed by atoms with van der Waals surface area (Å²) in [7, 11) is -0.450. The summed E-state index contributed by atoms with van der Waals surface area (Å²) in [5, 5.41) is 0. The molecule has 0 aromatic heterocycles. The molecule has 3 saturated carbocycles. The molecule has 4 aliphatic rings. The van der Waals surface area contributed by atoms with Gasteiger partial charge in [-0.3, -0.25) is 4.79 Å². The highest BCUT2D eigenvalue weighted by molar-refractivity contribution is 6.47. The van der Waals surface area contributed by atoms with Crippen molar-refractivity contribution < 1.29 is 50.2 Å². The topological polar surface area (TPSA) is 72.4 Å². The Bertz CT molecular complexity index is 882. The molecule has 1 heterocycles. The normalized spacial score (nSPS) is 31.1. The van der Waals surface area contributed by atoms with Crippen molar-refractivity contribution in [3.63, 3.8) is 0 Å². The largest absolute Gasteiger partial charge is 1.00 e. The fraction of sp³-hybridized carbons (Fsp3) is 0.708. The quantitative estimate of drug-likeness (QED) is 0.542. The third-order valence-corrected chi connectivity index (χ3v) is 8.32. The third-order valence-electron chi connectivity index (χ3n) is 8.32. The Morgan fingerprint density at radius 2 is 1.88 bits per heavy atom. The number of carbonyl (C=O) groups is 1. The lowest BCUT2D eigenvalue weighted by Gasteiger charge is -2.64. The SMILES string of the molecule is C[C@H]([NH3+])C(=O)CC[C@@H](Cc1ccc(OC(F)(F)F)cc1)B1OC2CC3CC(C3(C)C)[C@@]2(C)O1.[Cl-]. The predicted octanol–water partition coefficient (Wildman–Crippen LogP) is 1.21. The monoisotopic (exact) mass is 503 g/mol. The molecule has 1 aromatic carbocycles. The molecule has 6 atom stereocenters. The van der Waals surface area contributed by atoms with E-state index in [2.05, 4.69) is 31.2 Å². The standard InChI is InChI=1S/C24H33BF3NO4.ClH/c1-14(29)19(30)10-7-17(11-15-5-8-18(9-6-15)31-24(26,27)28)25-32-21-13-16-12-20(22(16,2)3)23(21,4)33-25;/h5-6,8-9,14,16-17,20-21H,7,10-13,29H2,1-4H3;1H/t14-,16?,17-,20?,21?,23+;/m0./s1. The number of hydrogen-bond donors (Lipinski definition) is 1. The molecular weight excluding hydrogens is 470 g/mol. The Kier molecular flexibility index (Phi) is 7.74. The maximum Gasteiger partial charge on any atom is 0.573 e. The zero-order valence-electron chi connectivity index (χ0n) is 20.2. The van der Waals surface area contributed by atoms with Crippen LogP contribution in [0.25, 0.3) is 0 Å². The lowest BCUT2D eigenvalue weighted by molar-refractivity contribution is -0.397. The van der Waals surface area contributed by atoms with E-state index in [1.807, 2.05) is 0 Å². The number of hydrogen-bond acceptors (Lipinski definition) is 4. The average molecular weight is 504 g/mol. The van der Waals surface area contributed by atoms with Crippen LogP contribution in [0.15, 0.2) is 24.3 Å². The van der Waals surface area contributed by atoms with Gasteiger partial charge in [-0.15, -0.1) is 13.2 Å². The van der Waals surface area contributed by atoms with Crippen molar-refractivity contribution in [2.75, 3.05) is 0 Å². The van der Waals surface area contributed by atoms with Crippen molar-refractivity contribution >= 4 is 12.9 Å².